The molecule has 1 heterocycles. The van der Waals surface area contributed by atoms with Crippen molar-refractivity contribution >= 4 is 11.6 Å². The van der Waals surface area contributed by atoms with E-state index in [1.807, 2.05) is 12.1 Å². The minimum atomic E-state index is 0.568. The number of aromatic nitrogens is 2. The maximum atomic E-state index is 5.74. The second kappa shape index (κ2) is 5.16. The maximum Gasteiger partial charge on any atom is 0.222 e. The predicted octanol–water partition coefficient (Wildman–Crippen LogP) is 1.68. The molecule has 88 valence electrons. The summed E-state index contributed by atoms with van der Waals surface area (Å²) in [5, 5.41) is 3.11. The fourth-order valence-corrected chi connectivity index (χ4v) is 1.50. The second-order valence-electron chi connectivity index (χ2n) is 3.50. The number of nitrogens with zero attached hydrogens (tertiary/aromatic N) is 2. The fraction of sp³-hybridized carbons (Fsp3) is 0.167. The number of ether oxygens (including phenoxy) is 1. The quantitative estimate of drug-likeness (QED) is 0.782. The van der Waals surface area contributed by atoms with Crippen molar-refractivity contribution < 1.29 is 4.74 Å². The lowest BCUT2D eigenvalue weighted by Crippen LogP contribution is -2.05. The van der Waals surface area contributed by atoms with E-state index < -0.39 is 0 Å². The van der Waals surface area contributed by atoms with Gasteiger partial charge in [0, 0.05) is 30.2 Å². The summed E-state index contributed by atoms with van der Waals surface area (Å²) in [5.74, 6) is 1.37. The molecular weight excluding hydrogens is 216 g/mol. The van der Waals surface area contributed by atoms with Crippen molar-refractivity contribution in [2.75, 3.05) is 18.2 Å². The molecule has 0 spiro atoms. The van der Waals surface area contributed by atoms with Crippen LogP contribution in [0.15, 0.2) is 36.7 Å². The van der Waals surface area contributed by atoms with Crippen LogP contribution in [-0.2, 0) is 6.54 Å². The second-order valence-corrected chi connectivity index (χ2v) is 3.50. The Morgan fingerprint density at radius 1 is 1.29 bits per heavy atom. The number of benzene rings is 1. The number of nitrogens with one attached hydrogen (secondary N) is 1. The fourth-order valence-electron chi connectivity index (χ4n) is 1.50. The van der Waals surface area contributed by atoms with Crippen molar-refractivity contribution in [3.63, 3.8) is 0 Å². The summed E-state index contributed by atoms with van der Waals surface area (Å²) in [5.41, 5.74) is 7.41. The van der Waals surface area contributed by atoms with E-state index in [1.165, 1.54) is 0 Å². The molecule has 0 saturated carbocycles. The highest BCUT2D eigenvalue weighted by atomic mass is 16.5. The van der Waals surface area contributed by atoms with Crippen LogP contribution in [0, 0.1) is 0 Å². The topological polar surface area (TPSA) is 73.1 Å². The van der Waals surface area contributed by atoms with E-state index in [-0.39, 0.29) is 0 Å². The first-order chi connectivity index (χ1) is 8.29. The van der Waals surface area contributed by atoms with E-state index in [9.17, 15) is 0 Å². The van der Waals surface area contributed by atoms with E-state index in [0.29, 0.717) is 18.2 Å². The number of anilines is 2. The largest absolute Gasteiger partial charge is 0.496 e. The smallest absolute Gasteiger partial charge is 0.222 e. The highest BCUT2D eigenvalue weighted by Gasteiger charge is 2.03. The summed E-state index contributed by atoms with van der Waals surface area (Å²) in [7, 11) is 1.63. The van der Waals surface area contributed by atoms with Gasteiger partial charge in [-0.15, -0.1) is 0 Å². The highest BCUT2D eigenvalue weighted by Crippen LogP contribution is 2.21. The molecule has 1 aromatic carbocycles. The van der Waals surface area contributed by atoms with Crippen LogP contribution in [0.2, 0.25) is 0 Å². The van der Waals surface area contributed by atoms with Gasteiger partial charge < -0.3 is 15.8 Å². The molecule has 5 nitrogen and oxygen atoms in total. The van der Waals surface area contributed by atoms with E-state index in [1.54, 1.807) is 31.6 Å². The molecule has 0 aliphatic heterocycles. The van der Waals surface area contributed by atoms with Crippen LogP contribution in [-0.4, -0.2) is 17.1 Å². The van der Waals surface area contributed by atoms with Gasteiger partial charge in [0.25, 0.3) is 0 Å². The molecule has 0 fully saturated rings. The van der Waals surface area contributed by atoms with Crippen LogP contribution in [0.1, 0.15) is 5.56 Å². The molecule has 5 heteroatoms. The average molecular weight is 230 g/mol. The van der Waals surface area contributed by atoms with Crippen molar-refractivity contribution in [1.29, 1.82) is 0 Å². The monoisotopic (exact) mass is 230 g/mol. The van der Waals surface area contributed by atoms with Crippen molar-refractivity contribution in [3.8, 4) is 5.75 Å². The lowest BCUT2D eigenvalue weighted by Gasteiger charge is -2.10. The first kappa shape index (κ1) is 11.2. The van der Waals surface area contributed by atoms with Crippen molar-refractivity contribution in [1.82, 2.24) is 9.97 Å². The molecule has 2 rings (SSSR count). The standard InChI is InChI=1S/C12H14N4O/c1-17-11-4-3-10(13)7-9(11)8-16-12-14-5-2-6-15-12/h2-7H,8,13H2,1H3,(H,14,15,16). The lowest BCUT2D eigenvalue weighted by molar-refractivity contribution is 0.410. The van der Waals surface area contributed by atoms with Crippen molar-refractivity contribution in [2.24, 2.45) is 0 Å². The normalized spacial score (nSPS) is 9.94. The van der Waals surface area contributed by atoms with Gasteiger partial charge in [-0.1, -0.05) is 0 Å². The Labute approximate surface area is 99.7 Å². The van der Waals surface area contributed by atoms with E-state index in [2.05, 4.69) is 15.3 Å². The van der Waals surface area contributed by atoms with Gasteiger partial charge >= 0.3 is 0 Å². The summed E-state index contributed by atoms with van der Waals surface area (Å²) in [6, 6.07) is 7.29. The third kappa shape index (κ3) is 2.84. The van der Waals surface area contributed by atoms with Gasteiger partial charge in [-0.3, -0.25) is 0 Å². The molecule has 1 aromatic heterocycles. The van der Waals surface area contributed by atoms with Crippen LogP contribution < -0.4 is 15.8 Å². The van der Waals surface area contributed by atoms with Gasteiger partial charge in [0.15, 0.2) is 0 Å². The Balaban J connectivity index is 2.11. The first-order valence-corrected chi connectivity index (χ1v) is 5.23. The van der Waals surface area contributed by atoms with Gasteiger partial charge in [0.1, 0.15) is 5.75 Å². The molecule has 17 heavy (non-hydrogen) atoms. The number of nitrogens with two attached hydrogens (primary N) is 1. The van der Waals surface area contributed by atoms with E-state index >= 15 is 0 Å². The minimum Gasteiger partial charge on any atom is -0.496 e. The third-order valence-corrected chi connectivity index (χ3v) is 2.31. The third-order valence-electron chi connectivity index (χ3n) is 2.31. The minimum absolute atomic E-state index is 0.568. The zero-order valence-corrected chi connectivity index (χ0v) is 9.55. The molecule has 0 radical (unpaired) electrons. The number of nitrogen functional groups attached to an aromatic ring is 1. The number of rotatable bonds is 4. The molecule has 0 unspecified atom stereocenters. The maximum absolute atomic E-state index is 5.74. The molecule has 0 amide bonds. The van der Waals surface area contributed by atoms with Crippen LogP contribution in [0.4, 0.5) is 11.6 Å². The van der Waals surface area contributed by atoms with Gasteiger partial charge in [-0.25, -0.2) is 9.97 Å². The zero-order chi connectivity index (χ0) is 12.1. The van der Waals surface area contributed by atoms with E-state index in [0.717, 1.165) is 11.3 Å². The number of methoxy groups -OCH3 is 1. The Morgan fingerprint density at radius 3 is 2.76 bits per heavy atom. The Morgan fingerprint density at radius 2 is 2.06 bits per heavy atom. The van der Waals surface area contributed by atoms with Crippen LogP contribution in [0.25, 0.3) is 0 Å². The zero-order valence-electron chi connectivity index (χ0n) is 9.55. The molecule has 0 bridgehead atoms. The SMILES string of the molecule is COc1ccc(N)cc1CNc1ncccn1. The molecule has 0 aliphatic rings. The summed E-state index contributed by atoms with van der Waals surface area (Å²) in [4.78, 5) is 8.15. The first-order valence-electron chi connectivity index (χ1n) is 5.23. The van der Waals surface area contributed by atoms with E-state index in [4.69, 9.17) is 10.5 Å². The molecule has 0 saturated heterocycles. The predicted molar refractivity (Wildman–Crippen MR) is 66.8 cm³/mol. The summed E-state index contributed by atoms with van der Waals surface area (Å²) < 4.78 is 5.25. The highest BCUT2D eigenvalue weighted by molar-refractivity contribution is 5.48. The molecular formula is C12H14N4O. The molecule has 2 aromatic rings. The molecule has 3 N–H and O–H groups in total. The Kier molecular flexibility index (Phi) is 3.40. The summed E-state index contributed by atoms with van der Waals surface area (Å²) in [6.45, 7) is 0.568. The Hall–Kier alpha value is -2.30. The van der Waals surface area contributed by atoms with Gasteiger partial charge in [0.05, 0.1) is 7.11 Å². The van der Waals surface area contributed by atoms with Gasteiger partial charge in [-0.2, -0.15) is 0 Å². The lowest BCUT2D eigenvalue weighted by atomic mass is 10.2. The van der Waals surface area contributed by atoms with Crippen LogP contribution in [0.5, 0.6) is 5.75 Å². The molecule has 0 aliphatic carbocycles. The average Bonchev–Trinajstić information content (AvgIpc) is 2.38. The number of hydrogen-bond acceptors (Lipinski definition) is 5. The summed E-state index contributed by atoms with van der Waals surface area (Å²) >= 11 is 0. The van der Waals surface area contributed by atoms with Gasteiger partial charge in [-0.05, 0) is 24.3 Å². The van der Waals surface area contributed by atoms with Crippen molar-refractivity contribution in [3.05, 3.63) is 42.2 Å². The summed E-state index contributed by atoms with van der Waals surface area (Å²) in [6.07, 6.45) is 3.37. The number of hydrogen-bond donors (Lipinski definition) is 2. The molecule has 0 atom stereocenters. The Bertz CT molecular complexity index is 487. The van der Waals surface area contributed by atoms with Gasteiger partial charge in [0.2, 0.25) is 5.95 Å². The van der Waals surface area contributed by atoms with Crippen LogP contribution >= 0.6 is 0 Å². The van der Waals surface area contributed by atoms with Crippen molar-refractivity contribution in [2.45, 2.75) is 6.54 Å². The van der Waals surface area contributed by atoms with Crippen LogP contribution in [0.3, 0.4) is 0 Å².